The minimum absolute atomic E-state index is 0.897. The molecule has 2 aromatic heterocycles. The number of nitrogens with one attached hydrogen (secondary N) is 1. The lowest BCUT2D eigenvalue weighted by molar-refractivity contribution is 1.19. The third kappa shape index (κ3) is 2.44. The summed E-state index contributed by atoms with van der Waals surface area (Å²) in [7, 11) is 0. The maximum atomic E-state index is 4.52. The number of fused-ring (bicyclic) bond motifs is 1. The van der Waals surface area contributed by atoms with Gasteiger partial charge in [0.25, 0.3) is 0 Å². The summed E-state index contributed by atoms with van der Waals surface area (Å²) in [6.45, 7) is 4.98. The van der Waals surface area contributed by atoms with Gasteiger partial charge >= 0.3 is 0 Å². The molecule has 0 aliphatic rings. The van der Waals surface area contributed by atoms with Crippen molar-refractivity contribution in [2.45, 2.75) is 13.8 Å². The largest absolute Gasteiger partial charge is 0.362 e. The molecule has 1 aromatic carbocycles. The van der Waals surface area contributed by atoms with Crippen molar-refractivity contribution in [2.75, 3.05) is 11.9 Å². The molecule has 0 spiro atoms. The molecule has 0 aliphatic carbocycles. The number of nitrogens with zero attached hydrogens (tertiary/aromatic N) is 2. The van der Waals surface area contributed by atoms with Crippen LogP contribution < -0.4 is 5.32 Å². The smallest absolute Gasteiger partial charge is 0.183 e. The maximum absolute atomic E-state index is 4.52. The standard InChI is InChI=1S/C15H15N3S/c1-3-16-15-17-9-14(19-15)12-6-7-13-11(8-12)5-4-10(2)18-13/h4-9H,3H2,1-2H3,(H,16,17). The van der Waals surface area contributed by atoms with Crippen molar-refractivity contribution in [2.24, 2.45) is 0 Å². The lowest BCUT2D eigenvalue weighted by atomic mass is 10.1. The summed E-state index contributed by atoms with van der Waals surface area (Å²) < 4.78 is 0. The first kappa shape index (κ1) is 12.1. The van der Waals surface area contributed by atoms with E-state index in [1.165, 1.54) is 15.8 Å². The van der Waals surface area contributed by atoms with Gasteiger partial charge in [-0.2, -0.15) is 0 Å². The number of pyridine rings is 1. The number of aromatic nitrogens is 2. The Morgan fingerprint density at radius 2 is 2.11 bits per heavy atom. The van der Waals surface area contributed by atoms with Gasteiger partial charge in [-0.3, -0.25) is 4.98 Å². The highest BCUT2D eigenvalue weighted by molar-refractivity contribution is 7.18. The number of benzene rings is 1. The highest BCUT2D eigenvalue weighted by atomic mass is 32.1. The Morgan fingerprint density at radius 1 is 1.21 bits per heavy atom. The molecular weight excluding hydrogens is 254 g/mol. The minimum atomic E-state index is 0.897. The van der Waals surface area contributed by atoms with E-state index in [-0.39, 0.29) is 0 Å². The normalized spacial score (nSPS) is 10.8. The van der Waals surface area contributed by atoms with Crippen molar-refractivity contribution in [3.05, 3.63) is 42.2 Å². The molecule has 0 fully saturated rings. The molecule has 3 aromatic rings. The molecule has 0 saturated heterocycles. The predicted molar refractivity (Wildman–Crippen MR) is 81.8 cm³/mol. The van der Waals surface area contributed by atoms with Crippen LogP contribution in [0.5, 0.6) is 0 Å². The Bertz CT molecular complexity index is 718. The Kier molecular flexibility index (Phi) is 3.17. The van der Waals surface area contributed by atoms with E-state index in [0.717, 1.165) is 22.9 Å². The van der Waals surface area contributed by atoms with Crippen molar-refractivity contribution in [3.8, 4) is 10.4 Å². The number of thiazole rings is 1. The van der Waals surface area contributed by atoms with Crippen LogP contribution in [0.4, 0.5) is 5.13 Å². The topological polar surface area (TPSA) is 37.8 Å². The minimum Gasteiger partial charge on any atom is -0.362 e. The second kappa shape index (κ2) is 4.97. The van der Waals surface area contributed by atoms with Gasteiger partial charge in [0.1, 0.15) is 0 Å². The van der Waals surface area contributed by atoms with Crippen LogP contribution in [0.2, 0.25) is 0 Å². The summed E-state index contributed by atoms with van der Waals surface area (Å²) in [5.74, 6) is 0. The first-order valence-electron chi connectivity index (χ1n) is 6.34. The Labute approximate surface area is 116 Å². The van der Waals surface area contributed by atoms with Gasteiger partial charge in [0.15, 0.2) is 5.13 Å². The summed E-state index contributed by atoms with van der Waals surface area (Å²) in [6.07, 6.45) is 1.92. The van der Waals surface area contributed by atoms with Gasteiger partial charge in [-0.05, 0) is 37.6 Å². The molecule has 0 amide bonds. The fraction of sp³-hybridized carbons (Fsp3) is 0.200. The van der Waals surface area contributed by atoms with Crippen molar-refractivity contribution in [1.82, 2.24) is 9.97 Å². The average molecular weight is 269 g/mol. The molecule has 96 valence electrons. The lowest BCUT2D eigenvalue weighted by Gasteiger charge is -2.01. The fourth-order valence-corrected chi connectivity index (χ4v) is 2.90. The average Bonchev–Trinajstić information content (AvgIpc) is 2.87. The molecule has 0 saturated carbocycles. The van der Waals surface area contributed by atoms with Crippen LogP contribution in [0.15, 0.2) is 36.5 Å². The van der Waals surface area contributed by atoms with Gasteiger partial charge in [0.2, 0.25) is 0 Å². The molecular formula is C15H15N3S. The highest BCUT2D eigenvalue weighted by Crippen LogP contribution is 2.30. The molecule has 0 aliphatic heterocycles. The molecule has 3 rings (SSSR count). The zero-order valence-electron chi connectivity index (χ0n) is 11.0. The number of hydrogen-bond donors (Lipinski definition) is 1. The van der Waals surface area contributed by atoms with Gasteiger partial charge in [0.05, 0.1) is 10.4 Å². The van der Waals surface area contributed by atoms with Crippen molar-refractivity contribution in [3.63, 3.8) is 0 Å². The van der Waals surface area contributed by atoms with Gasteiger partial charge in [-0.1, -0.05) is 23.5 Å². The third-order valence-corrected chi connectivity index (χ3v) is 3.95. The van der Waals surface area contributed by atoms with E-state index < -0.39 is 0 Å². The van der Waals surface area contributed by atoms with E-state index in [1.807, 2.05) is 19.2 Å². The van der Waals surface area contributed by atoms with Crippen LogP contribution in [-0.2, 0) is 0 Å². The van der Waals surface area contributed by atoms with Crippen LogP contribution in [0.25, 0.3) is 21.3 Å². The third-order valence-electron chi connectivity index (χ3n) is 2.95. The summed E-state index contributed by atoms with van der Waals surface area (Å²) in [6, 6.07) is 10.5. The predicted octanol–water partition coefficient (Wildman–Crippen LogP) is 4.10. The second-order valence-electron chi connectivity index (χ2n) is 4.42. The highest BCUT2D eigenvalue weighted by Gasteiger charge is 2.05. The summed E-state index contributed by atoms with van der Waals surface area (Å²) in [4.78, 5) is 10.1. The van der Waals surface area contributed by atoms with Crippen molar-refractivity contribution in [1.29, 1.82) is 0 Å². The van der Waals surface area contributed by atoms with Crippen molar-refractivity contribution < 1.29 is 0 Å². The first-order valence-corrected chi connectivity index (χ1v) is 7.15. The molecule has 0 atom stereocenters. The number of anilines is 1. The summed E-state index contributed by atoms with van der Waals surface area (Å²) in [5, 5.41) is 5.38. The lowest BCUT2D eigenvalue weighted by Crippen LogP contribution is -1.94. The zero-order valence-corrected chi connectivity index (χ0v) is 11.8. The Hall–Kier alpha value is -1.94. The summed E-state index contributed by atoms with van der Waals surface area (Å²) >= 11 is 1.68. The number of aryl methyl sites for hydroxylation is 1. The van der Waals surface area contributed by atoms with E-state index in [1.54, 1.807) is 11.3 Å². The number of hydrogen-bond acceptors (Lipinski definition) is 4. The molecule has 0 radical (unpaired) electrons. The monoisotopic (exact) mass is 269 g/mol. The van der Waals surface area contributed by atoms with Crippen LogP contribution in [0, 0.1) is 6.92 Å². The second-order valence-corrected chi connectivity index (χ2v) is 5.45. The zero-order chi connectivity index (χ0) is 13.2. The quantitative estimate of drug-likeness (QED) is 0.778. The van der Waals surface area contributed by atoms with E-state index >= 15 is 0 Å². The van der Waals surface area contributed by atoms with Crippen LogP contribution >= 0.6 is 11.3 Å². The van der Waals surface area contributed by atoms with Gasteiger partial charge in [-0.25, -0.2) is 4.98 Å². The van der Waals surface area contributed by atoms with Crippen LogP contribution in [0.3, 0.4) is 0 Å². The van der Waals surface area contributed by atoms with Gasteiger partial charge < -0.3 is 5.32 Å². The van der Waals surface area contributed by atoms with E-state index in [2.05, 4.69) is 46.5 Å². The molecule has 19 heavy (non-hydrogen) atoms. The Balaban J connectivity index is 2.02. The maximum Gasteiger partial charge on any atom is 0.183 e. The number of rotatable bonds is 3. The van der Waals surface area contributed by atoms with Gasteiger partial charge in [0, 0.05) is 23.8 Å². The van der Waals surface area contributed by atoms with E-state index in [9.17, 15) is 0 Å². The molecule has 4 heteroatoms. The molecule has 3 nitrogen and oxygen atoms in total. The van der Waals surface area contributed by atoms with E-state index in [0.29, 0.717) is 0 Å². The van der Waals surface area contributed by atoms with Gasteiger partial charge in [-0.15, -0.1) is 0 Å². The molecule has 1 N–H and O–H groups in total. The van der Waals surface area contributed by atoms with Crippen LogP contribution in [-0.4, -0.2) is 16.5 Å². The SMILES string of the molecule is CCNc1ncc(-c2ccc3nc(C)ccc3c2)s1. The van der Waals surface area contributed by atoms with E-state index in [4.69, 9.17) is 0 Å². The van der Waals surface area contributed by atoms with Crippen molar-refractivity contribution >= 4 is 27.4 Å². The first-order chi connectivity index (χ1) is 9.26. The molecule has 0 unspecified atom stereocenters. The molecule has 0 bridgehead atoms. The Morgan fingerprint density at radius 3 is 2.95 bits per heavy atom. The van der Waals surface area contributed by atoms with Crippen LogP contribution in [0.1, 0.15) is 12.6 Å². The fourth-order valence-electron chi connectivity index (χ4n) is 2.02. The summed E-state index contributed by atoms with van der Waals surface area (Å²) in [5.41, 5.74) is 3.28. The molecule has 2 heterocycles.